The van der Waals surface area contributed by atoms with Crippen molar-refractivity contribution in [2.24, 2.45) is 17.8 Å². The summed E-state index contributed by atoms with van der Waals surface area (Å²) in [5.74, 6) is 2.55. The van der Waals surface area contributed by atoms with Gasteiger partial charge in [-0.1, -0.05) is 0 Å². The van der Waals surface area contributed by atoms with Crippen LogP contribution in [0.15, 0.2) is 0 Å². The van der Waals surface area contributed by atoms with Crippen LogP contribution < -0.4 is 0 Å². The quantitative estimate of drug-likeness (QED) is 0.538. The van der Waals surface area contributed by atoms with Crippen LogP contribution in [0.2, 0.25) is 0 Å². The standard InChI is InChI=1S/C9H14O/c10-9-2-1-7-3-6(5-9)4-8(7)9/h6-8,10H,1-5H2/t6-,7+,8+,9-/m0/s1. The summed E-state index contributed by atoms with van der Waals surface area (Å²) in [6.45, 7) is 0. The molecule has 0 heterocycles. The van der Waals surface area contributed by atoms with Crippen molar-refractivity contribution in [3.63, 3.8) is 0 Å². The van der Waals surface area contributed by atoms with Gasteiger partial charge in [-0.2, -0.15) is 0 Å². The fourth-order valence-electron chi connectivity index (χ4n) is 3.76. The molecule has 56 valence electrons. The van der Waals surface area contributed by atoms with Gasteiger partial charge in [0.15, 0.2) is 0 Å². The first-order valence-corrected chi connectivity index (χ1v) is 4.50. The maximum Gasteiger partial charge on any atom is 0.0681 e. The van der Waals surface area contributed by atoms with E-state index in [9.17, 15) is 5.11 Å². The van der Waals surface area contributed by atoms with Gasteiger partial charge in [-0.3, -0.25) is 0 Å². The van der Waals surface area contributed by atoms with E-state index in [1.807, 2.05) is 0 Å². The van der Waals surface area contributed by atoms with Crippen LogP contribution in [0.25, 0.3) is 0 Å². The highest BCUT2D eigenvalue weighted by molar-refractivity contribution is 5.09. The third-order valence-corrected chi connectivity index (χ3v) is 4.07. The highest BCUT2D eigenvalue weighted by atomic mass is 16.3. The van der Waals surface area contributed by atoms with E-state index in [-0.39, 0.29) is 5.60 Å². The third kappa shape index (κ3) is 0.460. The van der Waals surface area contributed by atoms with Crippen LogP contribution in [0.4, 0.5) is 0 Å². The Hall–Kier alpha value is -0.0400. The van der Waals surface area contributed by atoms with Crippen molar-refractivity contribution < 1.29 is 5.11 Å². The van der Waals surface area contributed by atoms with E-state index in [0.29, 0.717) is 0 Å². The third-order valence-electron chi connectivity index (χ3n) is 4.07. The molecule has 1 N–H and O–H groups in total. The molecule has 0 unspecified atom stereocenters. The van der Waals surface area contributed by atoms with E-state index in [1.165, 1.54) is 19.3 Å². The molecule has 3 aliphatic carbocycles. The second-order valence-corrected chi connectivity index (χ2v) is 4.55. The molecule has 0 aromatic rings. The minimum atomic E-state index is -0.173. The minimum Gasteiger partial charge on any atom is -0.390 e. The molecule has 0 saturated heterocycles. The van der Waals surface area contributed by atoms with Gasteiger partial charge in [0.25, 0.3) is 0 Å². The second-order valence-electron chi connectivity index (χ2n) is 4.55. The van der Waals surface area contributed by atoms with E-state index in [4.69, 9.17) is 0 Å². The van der Waals surface area contributed by atoms with Gasteiger partial charge >= 0.3 is 0 Å². The predicted molar refractivity (Wildman–Crippen MR) is 38.5 cm³/mol. The molecule has 3 saturated carbocycles. The lowest BCUT2D eigenvalue weighted by Crippen LogP contribution is -2.31. The summed E-state index contributed by atoms with van der Waals surface area (Å²) in [4.78, 5) is 0. The fourth-order valence-corrected chi connectivity index (χ4v) is 3.76. The zero-order valence-corrected chi connectivity index (χ0v) is 6.21. The van der Waals surface area contributed by atoms with E-state index in [1.54, 1.807) is 0 Å². The molecule has 1 heteroatoms. The van der Waals surface area contributed by atoms with Gasteiger partial charge in [-0.05, 0) is 49.9 Å². The van der Waals surface area contributed by atoms with Crippen molar-refractivity contribution in [1.82, 2.24) is 0 Å². The Morgan fingerprint density at radius 2 is 2.20 bits per heavy atom. The zero-order chi connectivity index (χ0) is 6.77. The molecule has 0 amide bonds. The van der Waals surface area contributed by atoms with Gasteiger partial charge in [-0.15, -0.1) is 0 Å². The molecule has 0 spiro atoms. The summed E-state index contributed by atoms with van der Waals surface area (Å²) in [5.41, 5.74) is -0.173. The summed E-state index contributed by atoms with van der Waals surface area (Å²) >= 11 is 0. The van der Waals surface area contributed by atoms with E-state index >= 15 is 0 Å². The van der Waals surface area contributed by atoms with Crippen LogP contribution in [0.1, 0.15) is 32.1 Å². The van der Waals surface area contributed by atoms with E-state index in [2.05, 4.69) is 0 Å². The molecular formula is C9H14O. The van der Waals surface area contributed by atoms with Crippen LogP contribution in [0, 0.1) is 17.8 Å². The number of fused-ring (bicyclic) bond motifs is 1. The molecular weight excluding hydrogens is 124 g/mol. The van der Waals surface area contributed by atoms with Crippen molar-refractivity contribution in [3.8, 4) is 0 Å². The summed E-state index contributed by atoms with van der Waals surface area (Å²) in [6, 6.07) is 0. The zero-order valence-electron chi connectivity index (χ0n) is 6.21. The molecule has 3 fully saturated rings. The van der Waals surface area contributed by atoms with Crippen LogP contribution in [0.5, 0.6) is 0 Å². The van der Waals surface area contributed by atoms with Gasteiger partial charge in [0.1, 0.15) is 0 Å². The van der Waals surface area contributed by atoms with E-state index < -0.39 is 0 Å². The minimum absolute atomic E-state index is 0.173. The van der Waals surface area contributed by atoms with Crippen LogP contribution in [-0.4, -0.2) is 10.7 Å². The van der Waals surface area contributed by atoms with Gasteiger partial charge < -0.3 is 5.11 Å². The average Bonchev–Trinajstić information content (AvgIpc) is 2.39. The smallest absolute Gasteiger partial charge is 0.0681 e. The van der Waals surface area contributed by atoms with Crippen molar-refractivity contribution in [2.75, 3.05) is 0 Å². The normalized spacial score (nSPS) is 63.9. The first-order valence-electron chi connectivity index (χ1n) is 4.50. The van der Waals surface area contributed by atoms with Crippen LogP contribution in [0.3, 0.4) is 0 Å². The molecule has 1 nitrogen and oxygen atoms in total. The Kier molecular flexibility index (Phi) is 0.797. The topological polar surface area (TPSA) is 20.2 Å². The van der Waals surface area contributed by atoms with Crippen molar-refractivity contribution in [2.45, 2.75) is 37.7 Å². The highest BCUT2D eigenvalue weighted by Crippen LogP contribution is 2.61. The van der Waals surface area contributed by atoms with E-state index in [0.717, 1.165) is 30.6 Å². The lowest BCUT2D eigenvalue weighted by molar-refractivity contribution is 0.00248. The molecule has 0 aromatic heterocycles. The summed E-state index contributed by atoms with van der Waals surface area (Å²) in [5, 5.41) is 10.0. The molecule has 0 aromatic carbocycles. The summed E-state index contributed by atoms with van der Waals surface area (Å²) in [7, 11) is 0. The number of hydrogen-bond acceptors (Lipinski definition) is 1. The first-order chi connectivity index (χ1) is 4.78. The van der Waals surface area contributed by atoms with Crippen LogP contribution in [-0.2, 0) is 0 Å². The molecule has 3 aliphatic rings. The Labute approximate surface area is 61.4 Å². The SMILES string of the molecule is O[C@]12CC[C@@H]3C[C@@H](C[C@H]31)C2. The summed E-state index contributed by atoms with van der Waals surface area (Å²) in [6.07, 6.45) is 6.35. The Balaban J connectivity index is 2.05. The Morgan fingerprint density at radius 1 is 1.30 bits per heavy atom. The maximum atomic E-state index is 10.0. The highest BCUT2D eigenvalue weighted by Gasteiger charge is 2.58. The van der Waals surface area contributed by atoms with Crippen LogP contribution >= 0.6 is 0 Å². The number of hydrogen-bond donors (Lipinski definition) is 1. The maximum absolute atomic E-state index is 10.0. The summed E-state index contributed by atoms with van der Waals surface area (Å²) < 4.78 is 0. The molecule has 3 rings (SSSR count). The van der Waals surface area contributed by atoms with Crippen molar-refractivity contribution in [1.29, 1.82) is 0 Å². The molecule has 10 heavy (non-hydrogen) atoms. The predicted octanol–water partition coefficient (Wildman–Crippen LogP) is 1.56. The number of rotatable bonds is 0. The molecule has 2 bridgehead atoms. The average molecular weight is 138 g/mol. The second kappa shape index (κ2) is 1.42. The Bertz CT molecular complexity index is 178. The van der Waals surface area contributed by atoms with Crippen molar-refractivity contribution >= 4 is 0 Å². The Morgan fingerprint density at radius 3 is 2.80 bits per heavy atom. The van der Waals surface area contributed by atoms with Gasteiger partial charge in [0.05, 0.1) is 5.60 Å². The molecule has 4 atom stereocenters. The first kappa shape index (κ1) is 5.59. The number of aliphatic hydroxyl groups is 1. The molecule has 0 aliphatic heterocycles. The fraction of sp³-hybridized carbons (Fsp3) is 1.00. The lowest BCUT2D eigenvalue weighted by Gasteiger charge is -2.27. The molecule has 0 radical (unpaired) electrons. The lowest BCUT2D eigenvalue weighted by atomic mass is 9.85. The van der Waals surface area contributed by atoms with Gasteiger partial charge in [0.2, 0.25) is 0 Å². The van der Waals surface area contributed by atoms with Gasteiger partial charge in [0, 0.05) is 0 Å². The largest absolute Gasteiger partial charge is 0.390 e. The monoisotopic (exact) mass is 138 g/mol. The van der Waals surface area contributed by atoms with Crippen molar-refractivity contribution in [3.05, 3.63) is 0 Å². The van der Waals surface area contributed by atoms with Gasteiger partial charge in [-0.25, -0.2) is 0 Å².